The number of guanidine groups is 1. The van der Waals surface area contributed by atoms with Gasteiger partial charge in [-0.3, -0.25) is 0 Å². The van der Waals surface area contributed by atoms with Crippen LogP contribution in [0.25, 0.3) is 0 Å². The molecule has 6 heteroatoms. The summed E-state index contributed by atoms with van der Waals surface area (Å²) in [5, 5.41) is 15.7. The van der Waals surface area contributed by atoms with E-state index in [1.165, 1.54) is 6.07 Å². The molecule has 28 heavy (non-hydrogen) atoms. The lowest BCUT2D eigenvalue weighted by atomic mass is 10.1. The second kappa shape index (κ2) is 11.3. The van der Waals surface area contributed by atoms with Crippen molar-refractivity contribution in [3.05, 3.63) is 64.5 Å². The van der Waals surface area contributed by atoms with Crippen LogP contribution in [0.5, 0.6) is 5.75 Å². The Morgan fingerprint density at radius 1 is 1.11 bits per heavy atom. The van der Waals surface area contributed by atoms with Crippen molar-refractivity contribution >= 4 is 5.96 Å². The minimum absolute atomic E-state index is 0.281. The topological polar surface area (TPSA) is 65.9 Å². The number of halogens is 1. The van der Waals surface area contributed by atoms with Crippen LogP contribution < -0.4 is 15.4 Å². The van der Waals surface area contributed by atoms with Crippen molar-refractivity contribution in [2.75, 3.05) is 13.2 Å². The molecule has 3 N–H and O–H groups in total. The van der Waals surface area contributed by atoms with Crippen LogP contribution in [0, 0.1) is 12.7 Å². The van der Waals surface area contributed by atoms with E-state index in [-0.39, 0.29) is 12.2 Å². The molecule has 0 aromatic heterocycles. The molecule has 0 saturated carbocycles. The smallest absolute Gasteiger partial charge is 0.191 e. The number of aryl methyl sites for hydroxylation is 1. The van der Waals surface area contributed by atoms with E-state index in [0.717, 1.165) is 35.4 Å². The van der Waals surface area contributed by atoms with E-state index in [2.05, 4.69) is 34.7 Å². The Labute approximate surface area is 166 Å². The van der Waals surface area contributed by atoms with Gasteiger partial charge in [-0.25, -0.2) is 9.38 Å². The second-order valence-electron chi connectivity index (χ2n) is 6.59. The van der Waals surface area contributed by atoms with Gasteiger partial charge in [-0.05, 0) is 49.6 Å². The summed E-state index contributed by atoms with van der Waals surface area (Å²) in [5.41, 5.74) is 3.34. The molecule has 0 atom stereocenters. The molecule has 2 rings (SSSR count). The molecule has 152 valence electrons. The summed E-state index contributed by atoms with van der Waals surface area (Å²) >= 11 is 0. The molecule has 2 aromatic carbocycles. The number of aliphatic imine (C=N–C) groups is 1. The summed E-state index contributed by atoms with van der Waals surface area (Å²) in [7, 11) is 0. The zero-order valence-corrected chi connectivity index (χ0v) is 16.9. The summed E-state index contributed by atoms with van der Waals surface area (Å²) in [4.78, 5) is 4.56. The third kappa shape index (κ3) is 6.53. The zero-order chi connectivity index (χ0) is 20.4. The van der Waals surface area contributed by atoms with E-state index in [0.29, 0.717) is 25.7 Å². The highest BCUT2D eigenvalue weighted by Gasteiger charge is 2.07. The van der Waals surface area contributed by atoms with Gasteiger partial charge in [0.25, 0.3) is 0 Å². The van der Waals surface area contributed by atoms with Crippen LogP contribution in [-0.4, -0.2) is 24.2 Å². The molecule has 0 aliphatic rings. The molecule has 0 heterocycles. The molecule has 0 aliphatic heterocycles. The average Bonchev–Trinajstić information content (AvgIpc) is 2.70. The molecule has 5 nitrogen and oxygen atoms in total. The fraction of sp³-hybridized carbons (Fsp3) is 0.409. The van der Waals surface area contributed by atoms with Crippen molar-refractivity contribution in [1.82, 2.24) is 10.6 Å². The Hall–Kier alpha value is -2.60. The summed E-state index contributed by atoms with van der Waals surface area (Å²) in [5.74, 6) is 1.15. The lowest BCUT2D eigenvalue weighted by Gasteiger charge is -2.15. The maximum absolute atomic E-state index is 13.5. The molecule has 0 aliphatic carbocycles. The van der Waals surface area contributed by atoms with Gasteiger partial charge in [0.2, 0.25) is 0 Å². The molecule has 2 aromatic rings. The van der Waals surface area contributed by atoms with Gasteiger partial charge in [0.1, 0.15) is 11.6 Å². The third-order valence-corrected chi connectivity index (χ3v) is 4.18. The average molecular weight is 387 g/mol. The summed E-state index contributed by atoms with van der Waals surface area (Å²) in [6.45, 7) is 8.18. The van der Waals surface area contributed by atoms with Crippen molar-refractivity contribution in [2.24, 2.45) is 4.99 Å². The Morgan fingerprint density at radius 2 is 1.93 bits per heavy atom. The van der Waals surface area contributed by atoms with Gasteiger partial charge >= 0.3 is 0 Å². The number of nitrogens with zero attached hydrogens (tertiary/aromatic N) is 1. The van der Waals surface area contributed by atoms with Crippen LogP contribution in [-0.2, 0) is 19.7 Å². The highest BCUT2D eigenvalue weighted by Crippen LogP contribution is 2.20. The van der Waals surface area contributed by atoms with E-state index in [9.17, 15) is 9.50 Å². The van der Waals surface area contributed by atoms with E-state index in [1.54, 1.807) is 12.1 Å². The first-order valence-electron chi connectivity index (χ1n) is 9.70. The van der Waals surface area contributed by atoms with Crippen LogP contribution in [0.1, 0.15) is 42.5 Å². The number of aliphatic hydroxyl groups is 1. The lowest BCUT2D eigenvalue weighted by molar-refractivity contribution is 0.275. The maximum atomic E-state index is 13.5. The molecular weight excluding hydrogens is 357 g/mol. The minimum Gasteiger partial charge on any atom is -0.493 e. The van der Waals surface area contributed by atoms with E-state index in [4.69, 9.17) is 4.74 Å². The largest absolute Gasteiger partial charge is 0.493 e. The third-order valence-electron chi connectivity index (χ3n) is 4.18. The molecule has 0 bridgehead atoms. The van der Waals surface area contributed by atoms with Gasteiger partial charge < -0.3 is 20.5 Å². The Morgan fingerprint density at radius 3 is 2.64 bits per heavy atom. The van der Waals surface area contributed by atoms with Crippen molar-refractivity contribution in [3.8, 4) is 5.75 Å². The summed E-state index contributed by atoms with van der Waals surface area (Å²) in [6.07, 6.45) is 0.957. The predicted octanol–water partition coefficient (Wildman–Crippen LogP) is 3.67. The standard InChI is InChI=1S/C22H30FN3O2/c1-4-10-28-21-11-16(3)6-8-18(21)14-26-22(24-5-2)25-13-17-7-9-20(23)19(12-17)15-27/h6-9,11-12,27H,4-5,10,13-15H2,1-3H3,(H2,24,25,26). The molecular formula is C22H30FN3O2. The first-order valence-corrected chi connectivity index (χ1v) is 9.70. The number of ether oxygens (including phenoxy) is 1. The number of hydrogen-bond acceptors (Lipinski definition) is 3. The Bertz CT molecular complexity index is 793. The lowest BCUT2D eigenvalue weighted by Crippen LogP contribution is -2.36. The minimum atomic E-state index is -0.403. The molecule has 0 amide bonds. The van der Waals surface area contributed by atoms with Crippen molar-refractivity contribution < 1.29 is 14.2 Å². The van der Waals surface area contributed by atoms with Gasteiger partial charge in [0.05, 0.1) is 19.8 Å². The highest BCUT2D eigenvalue weighted by molar-refractivity contribution is 5.79. The number of nitrogens with one attached hydrogen (secondary N) is 2. The van der Waals surface area contributed by atoms with E-state index in [1.807, 2.05) is 19.9 Å². The van der Waals surface area contributed by atoms with Gasteiger partial charge in [-0.2, -0.15) is 0 Å². The van der Waals surface area contributed by atoms with Gasteiger partial charge in [0.15, 0.2) is 5.96 Å². The van der Waals surface area contributed by atoms with Gasteiger partial charge in [-0.1, -0.05) is 25.1 Å². The number of rotatable bonds is 9. The Kier molecular flexibility index (Phi) is 8.75. The van der Waals surface area contributed by atoms with Crippen LogP contribution in [0.15, 0.2) is 41.4 Å². The number of benzene rings is 2. The first kappa shape index (κ1) is 21.7. The van der Waals surface area contributed by atoms with Crippen LogP contribution in [0.3, 0.4) is 0 Å². The zero-order valence-electron chi connectivity index (χ0n) is 16.9. The first-order chi connectivity index (χ1) is 13.6. The molecule has 0 unspecified atom stereocenters. The number of aliphatic hydroxyl groups excluding tert-OH is 1. The van der Waals surface area contributed by atoms with Crippen molar-refractivity contribution in [3.63, 3.8) is 0 Å². The summed E-state index contributed by atoms with van der Waals surface area (Å²) < 4.78 is 19.4. The second-order valence-corrected chi connectivity index (χ2v) is 6.59. The van der Waals surface area contributed by atoms with Crippen molar-refractivity contribution in [1.29, 1.82) is 0 Å². The van der Waals surface area contributed by atoms with E-state index >= 15 is 0 Å². The summed E-state index contributed by atoms with van der Waals surface area (Å²) in [6, 6.07) is 10.8. The molecule has 0 spiro atoms. The maximum Gasteiger partial charge on any atom is 0.191 e. The quantitative estimate of drug-likeness (QED) is 0.454. The SMILES string of the molecule is CCCOc1cc(C)ccc1CNC(=NCc1ccc(F)c(CO)c1)NCC. The van der Waals surface area contributed by atoms with Gasteiger partial charge in [-0.15, -0.1) is 0 Å². The fourth-order valence-corrected chi connectivity index (χ4v) is 2.69. The van der Waals surface area contributed by atoms with E-state index < -0.39 is 5.82 Å². The van der Waals surface area contributed by atoms with Crippen LogP contribution in [0.2, 0.25) is 0 Å². The van der Waals surface area contributed by atoms with Crippen LogP contribution in [0.4, 0.5) is 4.39 Å². The fourth-order valence-electron chi connectivity index (χ4n) is 2.69. The van der Waals surface area contributed by atoms with Crippen molar-refractivity contribution in [2.45, 2.75) is 46.9 Å². The highest BCUT2D eigenvalue weighted by atomic mass is 19.1. The van der Waals surface area contributed by atoms with Crippen LogP contribution >= 0.6 is 0 Å². The monoisotopic (exact) mass is 387 g/mol. The normalized spacial score (nSPS) is 11.4. The Balaban J connectivity index is 2.07. The predicted molar refractivity (Wildman–Crippen MR) is 111 cm³/mol. The van der Waals surface area contributed by atoms with Gasteiger partial charge in [0, 0.05) is 24.2 Å². The molecule has 0 saturated heterocycles. The molecule has 0 fully saturated rings. The molecule has 0 radical (unpaired) electrons. The number of hydrogen-bond donors (Lipinski definition) is 3.